The average Bonchev–Trinajstić information content (AvgIpc) is 2.41. The van der Waals surface area contributed by atoms with E-state index in [1.54, 1.807) is 11.6 Å². The summed E-state index contributed by atoms with van der Waals surface area (Å²) in [5.74, 6) is -0.587. The summed E-state index contributed by atoms with van der Waals surface area (Å²) in [5, 5.41) is 0. The molecule has 0 saturated carbocycles. The van der Waals surface area contributed by atoms with Crippen molar-refractivity contribution in [2.24, 2.45) is 7.05 Å². The Morgan fingerprint density at radius 2 is 1.80 bits per heavy atom. The lowest BCUT2D eigenvalue weighted by Gasteiger charge is -2.03. The Labute approximate surface area is 88.8 Å². The summed E-state index contributed by atoms with van der Waals surface area (Å²) in [6, 6.07) is 0. The van der Waals surface area contributed by atoms with Crippen LogP contribution < -0.4 is 0 Å². The number of aromatic nitrogens is 1. The maximum absolute atomic E-state index is 11.5. The molecule has 0 bridgehead atoms. The van der Waals surface area contributed by atoms with Crippen LogP contribution in [0.3, 0.4) is 0 Å². The van der Waals surface area contributed by atoms with E-state index in [1.807, 2.05) is 13.8 Å². The van der Waals surface area contributed by atoms with Gasteiger partial charge in [-0.3, -0.25) is 4.79 Å². The predicted octanol–water partition coefficient (Wildman–Crippen LogP) is 1.63. The van der Waals surface area contributed by atoms with Gasteiger partial charge in [-0.2, -0.15) is 0 Å². The van der Waals surface area contributed by atoms with Gasteiger partial charge in [0.25, 0.3) is 0 Å². The van der Waals surface area contributed by atoms with E-state index < -0.39 is 5.97 Å². The van der Waals surface area contributed by atoms with Crippen molar-refractivity contribution in [2.45, 2.75) is 20.8 Å². The molecule has 0 saturated heterocycles. The minimum atomic E-state index is -0.473. The number of carbonyl (C=O) groups is 2. The van der Waals surface area contributed by atoms with Crippen LogP contribution >= 0.6 is 0 Å². The molecule has 0 amide bonds. The molecule has 1 aromatic rings. The van der Waals surface area contributed by atoms with E-state index >= 15 is 0 Å². The molecule has 0 radical (unpaired) electrons. The van der Waals surface area contributed by atoms with Crippen LogP contribution in [0.1, 0.15) is 39.0 Å². The van der Waals surface area contributed by atoms with Crippen LogP contribution in [0.2, 0.25) is 0 Å². The van der Waals surface area contributed by atoms with Gasteiger partial charge in [-0.1, -0.05) is 0 Å². The second kappa shape index (κ2) is 3.88. The smallest absolute Gasteiger partial charge is 0.355 e. The fraction of sp³-hybridized carbons (Fsp3) is 0.455. The van der Waals surface area contributed by atoms with Crippen LogP contribution in [0.5, 0.6) is 0 Å². The highest BCUT2D eigenvalue weighted by Crippen LogP contribution is 2.22. The Bertz CT molecular complexity index is 430. The number of methoxy groups -OCH3 is 1. The molecule has 0 fully saturated rings. The number of nitrogens with zero attached hydrogens (tertiary/aromatic N) is 1. The Balaban J connectivity index is 3.55. The predicted molar refractivity (Wildman–Crippen MR) is 56.2 cm³/mol. The van der Waals surface area contributed by atoms with Crippen molar-refractivity contribution in [3.05, 3.63) is 22.5 Å². The number of carbonyl (C=O) groups excluding carboxylic acids is 2. The first-order chi connectivity index (χ1) is 6.91. The molecule has 0 aliphatic carbocycles. The summed E-state index contributed by atoms with van der Waals surface area (Å²) < 4.78 is 6.36. The minimum Gasteiger partial charge on any atom is -0.464 e. The summed E-state index contributed by atoms with van der Waals surface area (Å²) in [4.78, 5) is 23.0. The van der Waals surface area contributed by atoms with E-state index in [9.17, 15) is 9.59 Å². The fourth-order valence-electron chi connectivity index (χ4n) is 1.71. The second-order valence-electron chi connectivity index (χ2n) is 3.54. The summed E-state index contributed by atoms with van der Waals surface area (Å²) >= 11 is 0. The summed E-state index contributed by atoms with van der Waals surface area (Å²) in [6.07, 6.45) is 0. The Morgan fingerprint density at radius 3 is 2.20 bits per heavy atom. The van der Waals surface area contributed by atoms with Gasteiger partial charge in [0.2, 0.25) is 0 Å². The molecule has 0 aliphatic heterocycles. The lowest BCUT2D eigenvalue weighted by molar-refractivity contribution is 0.0586. The molecule has 0 aliphatic rings. The van der Waals surface area contributed by atoms with Gasteiger partial charge < -0.3 is 9.30 Å². The van der Waals surface area contributed by atoms with Crippen molar-refractivity contribution in [1.29, 1.82) is 0 Å². The highest BCUT2D eigenvalue weighted by Gasteiger charge is 2.24. The normalized spacial score (nSPS) is 10.2. The topological polar surface area (TPSA) is 48.3 Å². The molecule has 4 nitrogen and oxygen atoms in total. The van der Waals surface area contributed by atoms with Crippen molar-refractivity contribution in [3.63, 3.8) is 0 Å². The van der Waals surface area contributed by atoms with E-state index in [1.165, 1.54) is 14.0 Å². The van der Waals surface area contributed by atoms with Crippen molar-refractivity contribution in [2.75, 3.05) is 7.11 Å². The lowest BCUT2D eigenvalue weighted by Crippen LogP contribution is -2.12. The third kappa shape index (κ3) is 1.67. The second-order valence-corrected chi connectivity index (χ2v) is 3.54. The number of ketones is 1. The third-order valence-electron chi connectivity index (χ3n) is 2.72. The van der Waals surface area contributed by atoms with Gasteiger partial charge >= 0.3 is 5.97 Å². The van der Waals surface area contributed by atoms with Crippen LogP contribution in [0.4, 0.5) is 0 Å². The molecule has 0 unspecified atom stereocenters. The highest BCUT2D eigenvalue weighted by atomic mass is 16.5. The van der Waals surface area contributed by atoms with E-state index in [4.69, 9.17) is 0 Å². The first kappa shape index (κ1) is 11.5. The minimum absolute atomic E-state index is 0.114. The Hall–Kier alpha value is -1.58. The maximum Gasteiger partial charge on any atom is 0.355 e. The maximum atomic E-state index is 11.5. The number of hydrogen-bond donors (Lipinski definition) is 0. The third-order valence-corrected chi connectivity index (χ3v) is 2.72. The van der Waals surface area contributed by atoms with Gasteiger partial charge in [-0.05, 0) is 26.3 Å². The van der Waals surface area contributed by atoms with Crippen molar-refractivity contribution < 1.29 is 14.3 Å². The molecular formula is C11H15NO3. The fourth-order valence-corrected chi connectivity index (χ4v) is 1.71. The summed E-state index contributed by atoms with van der Waals surface area (Å²) in [5.41, 5.74) is 2.54. The van der Waals surface area contributed by atoms with Crippen LogP contribution in [0.15, 0.2) is 0 Å². The zero-order valence-electron chi connectivity index (χ0n) is 9.67. The van der Waals surface area contributed by atoms with Crippen LogP contribution in [-0.2, 0) is 11.8 Å². The van der Waals surface area contributed by atoms with E-state index in [-0.39, 0.29) is 5.78 Å². The molecule has 4 heteroatoms. The van der Waals surface area contributed by atoms with Gasteiger partial charge in [0.15, 0.2) is 5.78 Å². The zero-order chi connectivity index (χ0) is 11.7. The number of rotatable bonds is 2. The summed E-state index contributed by atoms with van der Waals surface area (Å²) in [6.45, 7) is 5.15. The number of ether oxygens (including phenoxy) is 1. The molecule has 82 valence electrons. The molecule has 1 aromatic heterocycles. The SMILES string of the molecule is COC(=O)c1c(C(C)=O)c(C)c(C)n1C. The first-order valence-electron chi connectivity index (χ1n) is 4.67. The van der Waals surface area contributed by atoms with E-state index in [0.29, 0.717) is 11.3 Å². The van der Waals surface area contributed by atoms with Crippen molar-refractivity contribution in [3.8, 4) is 0 Å². The molecule has 1 rings (SSSR count). The van der Waals surface area contributed by atoms with Gasteiger partial charge in [-0.25, -0.2) is 4.79 Å². The quantitative estimate of drug-likeness (QED) is 0.549. The first-order valence-corrected chi connectivity index (χ1v) is 4.67. The van der Waals surface area contributed by atoms with Crippen LogP contribution in [0.25, 0.3) is 0 Å². The molecule has 0 atom stereocenters. The molecule has 1 heterocycles. The molecule has 0 aromatic carbocycles. The lowest BCUT2D eigenvalue weighted by atomic mass is 10.1. The van der Waals surface area contributed by atoms with E-state index in [2.05, 4.69) is 4.74 Å². The van der Waals surface area contributed by atoms with Crippen LogP contribution in [-0.4, -0.2) is 23.4 Å². The van der Waals surface area contributed by atoms with Crippen molar-refractivity contribution in [1.82, 2.24) is 4.57 Å². The van der Waals surface area contributed by atoms with Gasteiger partial charge in [0.1, 0.15) is 5.69 Å². The molecule has 0 N–H and O–H groups in total. The zero-order valence-corrected chi connectivity index (χ0v) is 9.67. The van der Waals surface area contributed by atoms with Crippen LogP contribution in [0, 0.1) is 13.8 Å². The van der Waals surface area contributed by atoms with Gasteiger partial charge in [0.05, 0.1) is 12.7 Å². The Morgan fingerprint density at radius 1 is 1.27 bits per heavy atom. The standard InChI is InChI=1S/C11H15NO3/c1-6-7(2)12(4)10(11(14)15-5)9(6)8(3)13/h1-5H3. The Kier molecular flexibility index (Phi) is 2.98. The highest BCUT2D eigenvalue weighted by molar-refractivity contribution is 6.06. The number of esters is 1. The molecule has 15 heavy (non-hydrogen) atoms. The number of hydrogen-bond acceptors (Lipinski definition) is 3. The van der Waals surface area contributed by atoms with Gasteiger partial charge in [-0.15, -0.1) is 0 Å². The largest absolute Gasteiger partial charge is 0.464 e. The monoisotopic (exact) mass is 209 g/mol. The number of Topliss-reactive ketones (excluding diaryl/α,β-unsaturated/α-hetero) is 1. The molecular weight excluding hydrogens is 194 g/mol. The van der Waals surface area contributed by atoms with E-state index in [0.717, 1.165) is 11.3 Å². The van der Waals surface area contributed by atoms with Crippen molar-refractivity contribution >= 4 is 11.8 Å². The van der Waals surface area contributed by atoms with Gasteiger partial charge in [0, 0.05) is 12.7 Å². The summed E-state index contributed by atoms with van der Waals surface area (Å²) in [7, 11) is 3.06. The molecule has 0 spiro atoms. The average molecular weight is 209 g/mol.